The number of rotatable bonds is 7. The molecule has 0 atom stereocenters. The molecular weight excluding hydrogens is 333 g/mol. The molecule has 0 bridgehead atoms. The molecule has 0 aliphatic carbocycles. The fourth-order valence-electron chi connectivity index (χ4n) is 2.53. The first kappa shape index (κ1) is 18.0. The number of pyridine rings is 1. The smallest absolute Gasteiger partial charge is 0.222 e. The molecule has 0 radical (unpaired) electrons. The Bertz CT molecular complexity index is 883. The monoisotopic (exact) mass is 355 g/mol. The lowest BCUT2D eigenvalue weighted by atomic mass is 10.1. The van der Waals surface area contributed by atoms with E-state index in [1.165, 1.54) is 12.1 Å². The highest BCUT2D eigenvalue weighted by Crippen LogP contribution is 2.24. The van der Waals surface area contributed by atoms with E-state index < -0.39 is 0 Å². The molecule has 3 aromatic rings. The Hall–Kier alpha value is -2.80. The summed E-state index contributed by atoms with van der Waals surface area (Å²) in [6.45, 7) is 5.36. The second-order valence-corrected chi connectivity index (χ2v) is 6.20. The van der Waals surface area contributed by atoms with Crippen LogP contribution in [0.3, 0.4) is 0 Å². The zero-order chi connectivity index (χ0) is 18.5. The van der Waals surface area contributed by atoms with Gasteiger partial charge in [0.1, 0.15) is 11.3 Å². The van der Waals surface area contributed by atoms with Crippen LogP contribution in [0.2, 0.25) is 0 Å². The molecule has 0 amide bonds. The lowest BCUT2D eigenvalue weighted by Crippen LogP contribution is -2.11. The van der Waals surface area contributed by atoms with Crippen LogP contribution in [0.1, 0.15) is 20.3 Å². The van der Waals surface area contributed by atoms with Crippen LogP contribution in [0.25, 0.3) is 22.3 Å². The van der Waals surface area contributed by atoms with Crippen molar-refractivity contribution >= 4 is 22.8 Å². The molecule has 0 fully saturated rings. The maximum Gasteiger partial charge on any atom is 0.222 e. The number of ether oxygens (including phenoxy) is 1. The second-order valence-electron chi connectivity index (χ2n) is 6.20. The average molecular weight is 355 g/mol. The summed E-state index contributed by atoms with van der Waals surface area (Å²) in [5.74, 6) is 0.493. The summed E-state index contributed by atoms with van der Waals surface area (Å²) < 4.78 is 18.7. The quantitative estimate of drug-likeness (QED) is 0.629. The lowest BCUT2D eigenvalue weighted by molar-refractivity contribution is 0.0787. The van der Waals surface area contributed by atoms with Crippen molar-refractivity contribution in [3.8, 4) is 11.3 Å². The number of hydrogen-bond donors (Lipinski definition) is 2. The molecule has 3 rings (SSSR count). The minimum Gasteiger partial charge on any atom is -0.379 e. The summed E-state index contributed by atoms with van der Waals surface area (Å²) in [6, 6.07) is 9.88. The first-order valence-corrected chi connectivity index (χ1v) is 8.58. The van der Waals surface area contributed by atoms with Crippen molar-refractivity contribution in [2.75, 3.05) is 24.2 Å². The third kappa shape index (κ3) is 4.43. The number of hydrogen-bond acceptors (Lipinski definition) is 6. The van der Waals surface area contributed by atoms with E-state index in [4.69, 9.17) is 10.5 Å². The predicted octanol–water partition coefficient (Wildman–Crippen LogP) is 3.64. The predicted molar refractivity (Wildman–Crippen MR) is 101 cm³/mol. The second kappa shape index (κ2) is 8.05. The number of nitrogen functional groups attached to an aromatic ring is 1. The fourth-order valence-corrected chi connectivity index (χ4v) is 2.53. The molecule has 2 aromatic heterocycles. The molecule has 7 heteroatoms. The van der Waals surface area contributed by atoms with Crippen molar-refractivity contribution in [1.29, 1.82) is 0 Å². The van der Waals surface area contributed by atoms with Crippen LogP contribution in [0.4, 0.5) is 16.2 Å². The Morgan fingerprint density at radius 1 is 1.08 bits per heavy atom. The van der Waals surface area contributed by atoms with Gasteiger partial charge in [0.25, 0.3) is 0 Å². The topological polar surface area (TPSA) is 86.0 Å². The minimum atomic E-state index is -0.281. The van der Waals surface area contributed by atoms with Crippen LogP contribution in [0.5, 0.6) is 0 Å². The molecule has 0 aliphatic rings. The molecule has 2 heterocycles. The normalized spacial score (nSPS) is 11.2. The third-order valence-electron chi connectivity index (χ3n) is 3.76. The zero-order valence-electron chi connectivity index (χ0n) is 14.9. The van der Waals surface area contributed by atoms with Crippen molar-refractivity contribution < 1.29 is 9.13 Å². The van der Waals surface area contributed by atoms with E-state index in [0.29, 0.717) is 30.0 Å². The third-order valence-corrected chi connectivity index (χ3v) is 3.76. The molecule has 0 saturated heterocycles. The van der Waals surface area contributed by atoms with E-state index in [0.717, 1.165) is 17.7 Å². The van der Waals surface area contributed by atoms with Gasteiger partial charge in [0.2, 0.25) is 5.95 Å². The van der Waals surface area contributed by atoms with Crippen molar-refractivity contribution in [1.82, 2.24) is 15.0 Å². The van der Waals surface area contributed by atoms with Gasteiger partial charge in [0, 0.05) is 18.7 Å². The molecule has 0 unspecified atom stereocenters. The molecule has 1 aromatic carbocycles. The molecule has 6 nitrogen and oxygen atoms in total. The molecule has 136 valence electrons. The van der Waals surface area contributed by atoms with Gasteiger partial charge in [-0.1, -0.05) is 0 Å². The highest BCUT2D eigenvalue weighted by molar-refractivity contribution is 5.88. The summed E-state index contributed by atoms with van der Waals surface area (Å²) in [5.41, 5.74) is 8.63. The van der Waals surface area contributed by atoms with Gasteiger partial charge in [-0.3, -0.25) is 0 Å². The minimum absolute atomic E-state index is 0.190. The van der Waals surface area contributed by atoms with Crippen molar-refractivity contribution in [2.24, 2.45) is 0 Å². The van der Waals surface area contributed by atoms with Crippen molar-refractivity contribution in [3.05, 3.63) is 42.2 Å². The Labute approximate surface area is 151 Å². The van der Waals surface area contributed by atoms with E-state index in [2.05, 4.69) is 20.3 Å². The van der Waals surface area contributed by atoms with Gasteiger partial charge in [-0.2, -0.15) is 4.98 Å². The number of nitrogens with two attached hydrogens (primary N) is 1. The number of fused-ring (bicyclic) bond motifs is 1. The van der Waals surface area contributed by atoms with Crippen LogP contribution in [-0.4, -0.2) is 34.2 Å². The summed E-state index contributed by atoms with van der Waals surface area (Å²) in [4.78, 5) is 13.2. The summed E-state index contributed by atoms with van der Waals surface area (Å²) >= 11 is 0. The van der Waals surface area contributed by atoms with Crippen molar-refractivity contribution in [2.45, 2.75) is 26.4 Å². The van der Waals surface area contributed by atoms with Gasteiger partial charge in [0.15, 0.2) is 5.82 Å². The average Bonchev–Trinajstić information content (AvgIpc) is 2.61. The van der Waals surface area contributed by atoms with Crippen LogP contribution in [0, 0.1) is 5.82 Å². The molecule has 3 N–H and O–H groups in total. The number of anilines is 2. The van der Waals surface area contributed by atoms with Gasteiger partial charge >= 0.3 is 0 Å². The SMILES string of the molecule is CC(C)OCCCNc1nc(N)nc2ccc(-c3ccc(F)cc3)nc12. The van der Waals surface area contributed by atoms with E-state index in [1.54, 1.807) is 12.1 Å². The number of nitrogens with one attached hydrogen (secondary N) is 1. The van der Waals surface area contributed by atoms with Crippen LogP contribution >= 0.6 is 0 Å². The molecule has 0 saturated carbocycles. The van der Waals surface area contributed by atoms with Gasteiger partial charge < -0.3 is 15.8 Å². The highest BCUT2D eigenvalue weighted by atomic mass is 19.1. The molecular formula is C19H22FN5O. The Balaban J connectivity index is 1.84. The van der Waals surface area contributed by atoms with E-state index in [-0.39, 0.29) is 17.9 Å². The Morgan fingerprint density at radius 2 is 1.85 bits per heavy atom. The first-order valence-electron chi connectivity index (χ1n) is 8.58. The van der Waals surface area contributed by atoms with Gasteiger partial charge in [-0.15, -0.1) is 0 Å². The number of nitrogens with zero attached hydrogens (tertiary/aromatic N) is 3. The Kier molecular flexibility index (Phi) is 5.58. The van der Waals surface area contributed by atoms with E-state index >= 15 is 0 Å². The Morgan fingerprint density at radius 3 is 2.58 bits per heavy atom. The highest BCUT2D eigenvalue weighted by Gasteiger charge is 2.10. The maximum absolute atomic E-state index is 13.1. The summed E-state index contributed by atoms with van der Waals surface area (Å²) in [6.07, 6.45) is 1.05. The first-order chi connectivity index (χ1) is 12.5. The van der Waals surface area contributed by atoms with Gasteiger partial charge in [-0.25, -0.2) is 14.4 Å². The largest absolute Gasteiger partial charge is 0.379 e. The summed E-state index contributed by atoms with van der Waals surface area (Å²) in [7, 11) is 0. The summed E-state index contributed by atoms with van der Waals surface area (Å²) in [5, 5.41) is 3.26. The van der Waals surface area contributed by atoms with Crippen molar-refractivity contribution in [3.63, 3.8) is 0 Å². The van der Waals surface area contributed by atoms with Gasteiger partial charge in [-0.05, 0) is 56.7 Å². The number of aromatic nitrogens is 3. The molecule has 26 heavy (non-hydrogen) atoms. The standard InChI is InChI=1S/C19H22FN5O/c1-12(2)26-11-3-10-22-18-17-16(24-19(21)25-18)9-8-15(23-17)13-4-6-14(20)7-5-13/h4-9,12H,3,10-11H2,1-2H3,(H3,21,22,24,25). The lowest BCUT2D eigenvalue weighted by Gasteiger charge is -2.11. The van der Waals surface area contributed by atoms with Gasteiger partial charge in [0.05, 0.1) is 17.3 Å². The molecule has 0 aliphatic heterocycles. The fraction of sp³-hybridized carbons (Fsp3) is 0.316. The number of halogens is 1. The molecule has 0 spiro atoms. The van der Waals surface area contributed by atoms with Crippen LogP contribution < -0.4 is 11.1 Å². The number of benzene rings is 1. The van der Waals surface area contributed by atoms with Crippen LogP contribution in [-0.2, 0) is 4.74 Å². The maximum atomic E-state index is 13.1. The zero-order valence-corrected chi connectivity index (χ0v) is 14.9. The van der Waals surface area contributed by atoms with E-state index in [1.807, 2.05) is 26.0 Å². The van der Waals surface area contributed by atoms with Crippen LogP contribution in [0.15, 0.2) is 36.4 Å². The van der Waals surface area contributed by atoms with E-state index in [9.17, 15) is 4.39 Å².